The van der Waals surface area contributed by atoms with Crippen molar-refractivity contribution < 1.29 is 4.74 Å². The summed E-state index contributed by atoms with van der Waals surface area (Å²) in [5.41, 5.74) is 5.25. The van der Waals surface area contributed by atoms with E-state index in [2.05, 4.69) is 52.8 Å². The molecule has 2 atom stereocenters. The Balaban J connectivity index is 1.52. The van der Waals surface area contributed by atoms with Crippen LogP contribution in [0.5, 0.6) is 5.75 Å². The van der Waals surface area contributed by atoms with E-state index in [9.17, 15) is 0 Å². The van der Waals surface area contributed by atoms with E-state index in [-0.39, 0.29) is 0 Å². The largest absolute Gasteiger partial charge is 0.487 e. The number of aromatic amines is 1. The fourth-order valence-electron chi connectivity index (χ4n) is 4.33. The third kappa shape index (κ3) is 2.31. The predicted molar refractivity (Wildman–Crippen MR) is 96.3 cm³/mol. The zero-order valence-corrected chi connectivity index (χ0v) is 13.7. The minimum absolute atomic E-state index is 0.505. The first-order valence-electron chi connectivity index (χ1n) is 8.95. The highest BCUT2D eigenvalue weighted by atomic mass is 16.5. The second-order valence-electron chi connectivity index (χ2n) is 7.02. The maximum Gasteiger partial charge on any atom is 0.143 e. The Morgan fingerprint density at radius 2 is 1.92 bits per heavy atom. The predicted octanol–water partition coefficient (Wildman–Crippen LogP) is 4.49. The van der Waals surface area contributed by atoms with Gasteiger partial charge in [0.05, 0.1) is 5.52 Å². The van der Waals surface area contributed by atoms with E-state index < -0.39 is 0 Å². The summed E-state index contributed by atoms with van der Waals surface area (Å²) < 4.78 is 6.14. The molecule has 122 valence electrons. The SMILES string of the molecule is c1ccc(COc2cccc3c4c([nH]c23)C[C@H]2CCC[C@@H]4N2)cc1. The number of hydrogen-bond donors (Lipinski definition) is 2. The van der Waals surface area contributed by atoms with Crippen molar-refractivity contribution in [1.82, 2.24) is 10.3 Å². The molecular weight excluding hydrogens is 296 g/mol. The minimum Gasteiger partial charge on any atom is -0.487 e. The second-order valence-corrected chi connectivity index (χ2v) is 7.02. The lowest BCUT2D eigenvalue weighted by Gasteiger charge is -2.36. The minimum atomic E-state index is 0.505. The number of hydrogen-bond acceptors (Lipinski definition) is 2. The van der Waals surface area contributed by atoms with Crippen LogP contribution >= 0.6 is 0 Å². The normalized spacial score (nSPS) is 22.3. The van der Waals surface area contributed by atoms with Gasteiger partial charge in [-0.3, -0.25) is 0 Å². The zero-order chi connectivity index (χ0) is 15.9. The molecule has 3 nitrogen and oxygen atoms in total. The third-order valence-electron chi connectivity index (χ3n) is 5.44. The smallest absolute Gasteiger partial charge is 0.143 e. The van der Waals surface area contributed by atoms with Crippen LogP contribution < -0.4 is 10.1 Å². The van der Waals surface area contributed by atoms with Crippen LogP contribution in [0.15, 0.2) is 48.5 Å². The van der Waals surface area contributed by atoms with Crippen molar-refractivity contribution in [3.8, 4) is 5.75 Å². The Bertz CT molecular complexity index is 868. The molecule has 1 saturated heterocycles. The van der Waals surface area contributed by atoms with Crippen molar-refractivity contribution in [3.05, 3.63) is 65.4 Å². The van der Waals surface area contributed by atoms with E-state index >= 15 is 0 Å². The number of benzene rings is 2. The van der Waals surface area contributed by atoms with Crippen LogP contribution in [0.2, 0.25) is 0 Å². The Kier molecular flexibility index (Phi) is 3.34. The van der Waals surface area contributed by atoms with Gasteiger partial charge in [0.2, 0.25) is 0 Å². The number of aromatic nitrogens is 1. The molecule has 2 N–H and O–H groups in total. The molecule has 3 heterocycles. The van der Waals surface area contributed by atoms with Gasteiger partial charge in [0.25, 0.3) is 0 Å². The lowest BCUT2D eigenvalue weighted by atomic mass is 9.84. The molecular formula is C21H22N2O. The summed E-state index contributed by atoms with van der Waals surface area (Å²) in [6.07, 6.45) is 4.98. The summed E-state index contributed by atoms with van der Waals surface area (Å²) in [6, 6.07) is 17.9. The maximum absolute atomic E-state index is 6.14. The molecule has 0 amide bonds. The Hall–Kier alpha value is -2.26. The van der Waals surface area contributed by atoms with Crippen molar-refractivity contribution in [3.63, 3.8) is 0 Å². The van der Waals surface area contributed by atoms with Gasteiger partial charge in [0.15, 0.2) is 0 Å². The molecule has 1 fully saturated rings. The molecule has 2 aromatic carbocycles. The van der Waals surface area contributed by atoms with Crippen LogP contribution in [0.4, 0.5) is 0 Å². The Morgan fingerprint density at radius 1 is 1.00 bits per heavy atom. The monoisotopic (exact) mass is 318 g/mol. The molecule has 0 aliphatic carbocycles. The van der Waals surface area contributed by atoms with E-state index in [0.717, 1.165) is 17.7 Å². The van der Waals surface area contributed by atoms with Crippen LogP contribution in [-0.2, 0) is 13.0 Å². The van der Waals surface area contributed by atoms with Gasteiger partial charge in [-0.25, -0.2) is 0 Å². The van der Waals surface area contributed by atoms with Gasteiger partial charge in [-0.2, -0.15) is 0 Å². The van der Waals surface area contributed by atoms with Gasteiger partial charge in [-0.15, -0.1) is 0 Å². The summed E-state index contributed by atoms with van der Waals surface area (Å²) in [5.74, 6) is 0.959. The molecule has 1 aromatic heterocycles. The molecule has 24 heavy (non-hydrogen) atoms. The lowest BCUT2D eigenvalue weighted by Crippen LogP contribution is -2.42. The molecule has 0 saturated carbocycles. The molecule has 0 unspecified atom stereocenters. The van der Waals surface area contributed by atoms with Crippen molar-refractivity contribution in [2.45, 2.75) is 44.4 Å². The van der Waals surface area contributed by atoms with Crippen molar-refractivity contribution in [2.24, 2.45) is 0 Å². The topological polar surface area (TPSA) is 37.0 Å². The maximum atomic E-state index is 6.14. The number of nitrogens with one attached hydrogen (secondary N) is 2. The van der Waals surface area contributed by atoms with Crippen LogP contribution in [0.3, 0.4) is 0 Å². The van der Waals surface area contributed by atoms with Crippen molar-refractivity contribution >= 4 is 10.9 Å². The Labute approximate surface area is 142 Å². The van der Waals surface area contributed by atoms with Crippen molar-refractivity contribution in [2.75, 3.05) is 0 Å². The van der Waals surface area contributed by atoms with Crippen LogP contribution in [0, 0.1) is 0 Å². The van der Waals surface area contributed by atoms with Gasteiger partial charge in [0, 0.05) is 29.6 Å². The van der Waals surface area contributed by atoms with E-state index in [1.165, 1.54) is 41.5 Å². The molecule has 2 bridgehead atoms. The number of H-pyrrole nitrogens is 1. The zero-order valence-electron chi connectivity index (χ0n) is 13.7. The lowest BCUT2D eigenvalue weighted by molar-refractivity contribution is 0.302. The van der Waals surface area contributed by atoms with E-state index in [1.54, 1.807) is 0 Å². The average molecular weight is 318 g/mol. The van der Waals surface area contributed by atoms with Crippen LogP contribution in [0.25, 0.3) is 10.9 Å². The van der Waals surface area contributed by atoms with Gasteiger partial charge >= 0.3 is 0 Å². The van der Waals surface area contributed by atoms with Crippen molar-refractivity contribution in [1.29, 1.82) is 0 Å². The summed E-state index contributed by atoms with van der Waals surface area (Å²) in [5, 5.41) is 5.13. The van der Waals surface area contributed by atoms with E-state index in [4.69, 9.17) is 4.74 Å². The van der Waals surface area contributed by atoms with Gasteiger partial charge in [-0.1, -0.05) is 42.5 Å². The summed E-state index contributed by atoms with van der Waals surface area (Å²) >= 11 is 0. The van der Waals surface area contributed by atoms with Gasteiger partial charge in [-0.05, 0) is 36.5 Å². The number of ether oxygens (including phenoxy) is 1. The summed E-state index contributed by atoms with van der Waals surface area (Å²) in [6.45, 7) is 0.605. The fourth-order valence-corrected chi connectivity index (χ4v) is 4.33. The molecule has 0 spiro atoms. The fraction of sp³-hybridized carbons (Fsp3) is 0.333. The van der Waals surface area contributed by atoms with Gasteiger partial charge < -0.3 is 15.0 Å². The number of para-hydroxylation sites is 1. The van der Waals surface area contributed by atoms with E-state index in [1.807, 2.05) is 6.07 Å². The molecule has 0 radical (unpaired) electrons. The highest BCUT2D eigenvalue weighted by Crippen LogP contribution is 2.41. The first-order chi connectivity index (χ1) is 11.9. The molecule has 2 aliphatic heterocycles. The van der Waals surface area contributed by atoms with E-state index in [0.29, 0.717) is 18.7 Å². The molecule has 3 aromatic rings. The molecule has 5 rings (SSSR count). The molecule has 2 aliphatic rings. The highest BCUT2D eigenvalue weighted by Gasteiger charge is 2.32. The standard InChI is InChI=1S/C21H22N2O/c1-2-6-14(7-3-1)13-24-19-11-5-9-16-20-17-10-4-8-15(22-17)12-18(20)23-21(16)19/h1-3,5-7,9,11,15,17,22-23H,4,8,10,12-13H2/t15-,17+/m1/s1. The van der Waals surface area contributed by atoms with Crippen LogP contribution in [-0.4, -0.2) is 11.0 Å². The summed E-state index contributed by atoms with van der Waals surface area (Å²) in [4.78, 5) is 3.68. The van der Waals surface area contributed by atoms with Crippen LogP contribution in [0.1, 0.15) is 42.1 Å². The highest BCUT2D eigenvalue weighted by molar-refractivity contribution is 5.90. The summed E-state index contributed by atoms with van der Waals surface area (Å²) in [7, 11) is 0. The number of fused-ring (bicyclic) bond motifs is 6. The number of rotatable bonds is 3. The first kappa shape index (κ1) is 14.1. The third-order valence-corrected chi connectivity index (χ3v) is 5.44. The van der Waals surface area contributed by atoms with Gasteiger partial charge in [0.1, 0.15) is 12.4 Å². The Morgan fingerprint density at radius 3 is 2.83 bits per heavy atom. The second kappa shape index (κ2) is 5.67. The average Bonchev–Trinajstić information content (AvgIpc) is 3.00. The quantitative estimate of drug-likeness (QED) is 0.747. The first-order valence-corrected chi connectivity index (χ1v) is 8.95. The molecule has 3 heteroatoms. The number of piperidine rings is 1.